The Bertz CT molecular complexity index is 891. The van der Waals surface area contributed by atoms with Crippen molar-refractivity contribution in [1.29, 1.82) is 0 Å². The second-order valence-electron chi connectivity index (χ2n) is 5.70. The smallest absolute Gasteiger partial charge is 0.326 e. The number of carbonyl (C=O) groups is 3. The molecule has 0 atom stereocenters. The van der Waals surface area contributed by atoms with Crippen LogP contribution in [0, 0.1) is 10.1 Å². The lowest BCUT2D eigenvalue weighted by atomic mass is 9.98. The maximum Gasteiger partial charge on any atom is 0.326 e. The van der Waals surface area contributed by atoms with E-state index in [1.165, 1.54) is 24.3 Å². The number of hydrogen-bond donors (Lipinski definition) is 0. The number of hydrogen-bond acceptors (Lipinski definition) is 6. The molecular formula is C18H14N2O6. The van der Waals surface area contributed by atoms with Crippen LogP contribution in [0.5, 0.6) is 0 Å². The molecule has 0 saturated carbocycles. The van der Waals surface area contributed by atoms with E-state index >= 15 is 0 Å². The lowest BCUT2D eigenvalue weighted by Crippen LogP contribution is -2.45. The quantitative estimate of drug-likeness (QED) is 0.351. The van der Waals surface area contributed by atoms with E-state index in [1.54, 1.807) is 24.3 Å². The van der Waals surface area contributed by atoms with E-state index in [1.807, 2.05) is 0 Å². The van der Waals surface area contributed by atoms with Gasteiger partial charge < -0.3 is 4.74 Å². The lowest BCUT2D eigenvalue weighted by Gasteiger charge is -2.25. The van der Waals surface area contributed by atoms with Gasteiger partial charge >= 0.3 is 5.97 Å². The van der Waals surface area contributed by atoms with Crippen LogP contribution in [0.2, 0.25) is 0 Å². The molecule has 0 aliphatic carbocycles. The predicted molar refractivity (Wildman–Crippen MR) is 89.1 cm³/mol. The summed E-state index contributed by atoms with van der Waals surface area (Å²) in [5.41, 5.74) is 1.53. The molecule has 3 rings (SSSR count). The van der Waals surface area contributed by atoms with Gasteiger partial charge in [-0.15, -0.1) is 0 Å². The topological polar surface area (TPSA) is 107 Å². The first-order valence-corrected chi connectivity index (χ1v) is 7.77. The highest BCUT2D eigenvalue weighted by molar-refractivity contribution is 6.11. The SMILES string of the molecule is O=C(CN1C(=O)Cc2ccccc2C1=O)OCc1ccc([N+](=O)[O-])cc1. The number of ether oxygens (including phenoxy) is 1. The van der Waals surface area contributed by atoms with Gasteiger partial charge in [0.2, 0.25) is 5.91 Å². The standard InChI is InChI=1S/C18H14N2O6/c21-16-9-13-3-1-2-4-15(13)18(23)19(16)10-17(22)26-11-12-5-7-14(8-6-12)20(24)25/h1-8H,9-11H2. The molecule has 132 valence electrons. The van der Waals surface area contributed by atoms with E-state index in [0.29, 0.717) is 16.7 Å². The fraction of sp³-hybridized carbons (Fsp3) is 0.167. The van der Waals surface area contributed by atoms with Crippen LogP contribution >= 0.6 is 0 Å². The molecule has 0 bridgehead atoms. The van der Waals surface area contributed by atoms with Crippen LogP contribution in [-0.2, 0) is 27.4 Å². The minimum atomic E-state index is -0.732. The first-order chi connectivity index (χ1) is 12.5. The van der Waals surface area contributed by atoms with E-state index in [-0.39, 0.29) is 18.7 Å². The molecule has 0 unspecified atom stereocenters. The van der Waals surface area contributed by atoms with Gasteiger partial charge in [0, 0.05) is 17.7 Å². The Morgan fingerprint density at radius 2 is 1.81 bits per heavy atom. The normalized spacial score (nSPS) is 13.3. The van der Waals surface area contributed by atoms with Gasteiger partial charge in [-0.3, -0.25) is 29.4 Å². The van der Waals surface area contributed by atoms with E-state index in [4.69, 9.17) is 4.74 Å². The highest BCUT2D eigenvalue weighted by atomic mass is 16.6. The van der Waals surface area contributed by atoms with Crippen molar-refractivity contribution in [3.63, 3.8) is 0 Å². The number of nitro benzene ring substituents is 1. The van der Waals surface area contributed by atoms with Crippen molar-refractivity contribution in [1.82, 2.24) is 4.90 Å². The minimum absolute atomic E-state index is 0.0531. The van der Waals surface area contributed by atoms with Gasteiger partial charge in [0.1, 0.15) is 13.2 Å². The Balaban J connectivity index is 1.60. The third-order valence-corrected chi connectivity index (χ3v) is 3.97. The molecule has 0 N–H and O–H groups in total. The summed E-state index contributed by atoms with van der Waals surface area (Å²) in [6.45, 7) is -0.581. The van der Waals surface area contributed by atoms with Crippen molar-refractivity contribution in [2.75, 3.05) is 6.54 Å². The molecule has 0 radical (unpaired) electrons. The maximum absolute atomic E-state index is 12.4. The summed E-state index contributed by atoms with van der Waals surface area (Å²) in [5.74, 6) is -1.71. The zero-order chi connectivity index (χ0) is 18.7. The van der Waals surface area contributed by atoms with Crippen LogP contribution in [0.15, 0.2) is 48.5 Å². The fourth-order valence-electron chi connectivity index (χ4n) is 2.61. The predicted octanol–water partition coefficient (Wildman–Crippen LogP) is 1.86. The number of non-ortho nitro benzene ring substituents is 1. The molecule has 8 heteroatoms. The summed E-state index contributed by atoms with van der Waals surface area (Å²) in [6, 6.07) is 12.3. The van der Waals surface area contributed by atoms with Gasteiger partial charge in [-0.25, -0.2) is 0 Å². The van der Waals surface area contributed by atoms with E-state index in [0.717, 1.165) is 4.90 Å². The average Bonchev–Trinajstić information content (AvgIpc) is 2.64. The molecule has 0 spiro atoms. The molecular weight excluding hydrogens is 340 g/mol. The third-order valence-electron chi connectivity index (χ3n) is 3.97. The highest BCUT2D eigenvalue weighted by Gasteiger charge is 2.32. The highest BCUT2D eigenvalue weighted by Crippen LogP contribution is 2.19. The summed E-state index contributed by atoms with van der Waals surface area (Å²) in [4.78, 5) is 47.4. The van der Waals surface area contributed by atoms with E-state index in [2.05, 4.69) is 0 Å². The van der Waals surface area contributed by atoms with Crippen LogP contribution in [0.4, 0.5) is 5.69 Å². The number of imide groups is 1. The van der Waals surface area contributed by atoms with Crippen molar-refractivity contribution < 1.29 is 24.0 Å². The Labute approximate surface area is 148 Å². The number of fused-ring (bicyclic) bond motifs is 1. The number of carbonyl (C=O) groups excluding carboxylic acids is 3. The number of nitro groups is 1. The van der Waals surface area contributed by atoms with Crippen LogP contribution < -0.4 is 0 Å². The first-order valence-electron chi connectivity index (χ1n) is 7.77. The second-order valence-corrected chi connectivity index (χ2v) is 5.70. The van der Waals surface area contributed by atoms with Gasteiger partial charge in [-0.05, 0) is 29.3 Å². The average molecular weight is 354 g/mol. The Hall–Kier alpha value is -3.55. The number of esters is 1. The number of amides is 2. The largest absolute Gasteiger partial charge is 0.459 e. The van der Waals surface area contributed by atoms with Gasteiger partial charge in [0.05, 0.1) is 11.3 Å². The van der Waals surface area contributed by atoms with Crippen LogP contribution in [0.3, 0.4) is 0 Å². The molecule has 26 heavy (non-hydrogen) atoms. The van der Waals surface area contributed by atoms with Crippen molar-refractivity contribution in [2.45, 2.75) is 13.0 Å². The molecule has 0 saturated heterocycles. The Morgan fingerprint density at radius 1 is 1.12 bits per heavy atom. The lowest BCUT2D eigenvalue weighted by molar-refractivity contribution is -0.384. The second kappa shape index (κ2) is 7.14. The Morgan fingerprint density at radius 3 is 2.50 bits per heavy atom. The number of benzene rings is 2. The maximum atomic E-state index is 12.4. The van der Waals surface area contributed by atoms with Gasteiger partial charge in [0.25, 0.3) is 11.6 Å². The molecule has 2 aromatic rings. The van der Waals surface area contributed by atoms with Gasteiger partial charge in [-0.1, -0.05) is 18.2 Å². The monoisotopic (exact) mass is 354 g/mol. The van der Waals surface area contributed by atoms with Crippen molar-refractivity contribution in [3.05, 3.63) is 75.3 Å². The summed E-state index contributed by atoms with van der Waals surface area (Å²) >= 11 is 0. The zero-order valence-corrected chi connectivity index (χ0v) is 13.6. The summed E-state index contributed by atoms with van der Waals surface area (Å²) in [5, 5.41) is 10.6. The molecule has 2 amide bonds. The van der Waals surface area contributed by atoms with Gasteiger partial charge in [0.15, 0.2) is 0 Å². The number of nitrogens with zero attached hydrogens (tertiary/aromatic N) is 2. The molecule has 1 aliphatic rings. The molecule has 2 aromatic carbocycles. The molecule has 0 fully saturated rings. The van der Waals surface area contributed by atoms with Crippen LogP contribution in [-0.4, -0.2) is 34.2 Å². The molecule has 0 aromatic heterocycles. The van der Waals surface area contributed by atoms with Crippen molar-refractivity contribution in [3.8, 4) is 0 Å². The van der Waals surface area contributed by atoms with Crippen molar-refractivity contribution in [2.24, 2.45) is 0 Å². The fourth-order valence-corrected chi connectivity index (χ4v) is 2.61. The van der Waals surface area contributed by atoms with Gasteiger partial charge in [-0.2, -0.15) is 0 Å². The van der Waals surface area contributed by atoms with E-state index < -0.39 is 29.3 Å². The van der Waals surface area contributed by atoms with E-state index in [9.17, 15) is 24.5 Å². The third kappa shape index (κ3) is 3.59. The Kier molecular flexibility index (Phi) is 4.74. The minimum Gasteiger partial charge on any atom is -0.459 e. The molecule has 1 heterocycles. The molecule has 8 nitrogen and oxygen atoms in total. The number of rotatable bonds is 5. The van der Waals surface area contributed by atoms with Crippen LogP contribution in [0.1, 0.15) is 21.5 Å². The summed E-state index contributed by atoms with van der Waals surface area (Å²) in [7, 11) is 0. The van der Waals surface area contributed by atoms with Crippen molar-refractivity contribution >= 4 is 23.5 Å². The summed E-state index contributed by atoms with van der Waals surface area (Å²) in [6.07, 6.45) is 0.0531. The molecule has 1 aliphatic heterocycles. The zero-order valence-electron chi connectivity index (χ0n) is 13.6. The van der Waals surface area contributed by atoms with Crippen LogP contribution in [0.25, 0.3) is 0 Å². The first kappa shape index (κ1) is 17.3. The summed E-state index contributed by atoms with van der Waals surface area (Å²) < 4.78 is 5.06.